The molecular weight excluding hydrogens is 556 g/mol. The highest BCUT2D eigenvalue weighted by molar-refractivity contribution is 6.31. The molecule has 1 aromatic heterocycles. The molecule has 0 fully saturated rings. The monoisotopic (exact) mass is 581 g/mol. The van der Waals surface area contributed by atoms with E-state index in [0.29, 0.717) is 45.6 Å². The lowest BCUT2D eigenvalue weighted by Gasteiger charge is -2.27. The number of carbonyl (C=O) groups excluding carboxylic acids is 1. The normalized spacial score (nSPS) is 14.2. The molecule has 0 saturated heterocycles. The van der Waals surface area contributed by atoms with E-state index >= 15 is 0 Å². The van der Waals surface area contributed by atoms with Gasteiger partial charge in [0, 0.05) is 46.6 Å². The zero-order chi connectivity index (χ0) is 28.4. The molecular formula is C30H26Cl2FN3O4. The van der Waals surface area contributed by atoms with E-state index in [2.05, 4.69) is 10.3 Å². The van der Waals surface area contributed by atoms with Crippen LogP contribution >= 0.6 is 23.2 Å². The summed E-state index contributed by atoms with van der Waals surface area (Å²) in [6.45, 7) is 0.566. The molecule has 7 nitrogen and oxygen atoms in total. The predicted molar refractivity (Wildman–Crippen MR) is 152 cm³/mol. The number of amides is 1. The maximum atomic E-state index is 14.5. The average Bonchev–Trinajstić information content (AvgIpc) is 3.23. The third-order valence-electron chi connectivity index (χ3n) is 6.80. The van der Waals surface area contributed by atoms with Gasteiger partial charge >= 0.3 is 0 Å². The van der Waals surface area contributed by atoms with Gasteiger partial charge in [0.2, 0.25) is 0 Å². The highest BCUT2D eigenvalue weighted by Gasteiger charge is 2.42. The Kier molecular flexibility index (Phi) is 8.00. The summed E-state index contributed by atoms with van der Waals surface area (Å²) in [7, 11) is 4.75. The number of fused-ring (bicyclic) bond motifs is 1. The van der Waals surface area contributed by atoms with Crippen LogP contribution in [0, 0.1) is 5.82 Å². The lowest BCUT2D eigenvalue weighted by atomic mass is 9.97. The maximum absolute atomic E-state index is 14.5. The number of hydrogen-bond donors (Lipinski definition) is 1. The Hall–Kier alpha value is -4.01. The standard InChI is InChI=1S/C30H26Cl2FN3O4/c1-38-20-8-4-17(5-9-20)16-36-29(22-12-19(33)7-11-23(22)31)27-24(14-26(32)35-28(27)30(36)37)34-15-18-6-10-21(39-2)13-25(18)40-3/h4-14,29H,15-16H2,1-3H3,(H,34,35). The van der Waals surface area contributed by atoms with Crippen LogP contribution in [0.25, 0.3) is 0 Å². The maximum Gasteiger partial charge on any atom is 0.274 e. The summed E-state index contributed by atoms with van der Waals surface area (Å²) >= 11 is 13.0. The molecule has 1 N–H and O–H groups in total. The minimum absolute atomic E-state index is 0.145. The van der Waals surface area contributed by atoms with Crippen LogP contribution in [-0.2, 0) is 13.1 Å². The van der Waals surface area contributed by atoms with Gasteiger partial charge in [-0.1, -0.05) is 35.3 Å². The van der Waals surface area contributed by atoms with E-state index in [-0.39, 0.29) is 23.3 Å². The molecule has 4 aromatic rings. The van der Waals surface area contributed by atoms with Gasteiger partial charge in [0.1, 0.15) is 33.9 Å². The number of anilines is 1. The summed E-state index contributed by atoms with van der Waals surface area (Å²) in [5.41, 5.74) is 3.45. The van der Waals surface area contributed by atoms with Gasteiger partial charge in [-0.2, -0.15) is 0 Å². The van der Waals surface area contributed by atoms with Gasteiger partial charge in [-0.15, -0.1) is 0 Å². The van der Waals surface area contributed by atoms with Crippen molar-refractivity contribution in [2.24, 2.45) is 0 Å². The van der Waals surface area contributed by atoms with Gasteiger partial charge in [0.05, 0.1) is 27.4 Å². The number of benzene rings is 3. The van der Waals surface area contributed by atoms with Gasteiger partial charge < -0.3 is 24.4 Å². The van der Waals surface area contributed by atoms with Crippen LogP contribution in [0.1, 0.15) is 38.8 Å². The van der Waals surface area contributed by atoms with Gasteiger partial charge in [-0.25, -0.2) is 9.37 Å². The molecule has 1 unspecified atom stereocenters. The number of hydrogen-bond acceptors (Lipinski definition) is 6. The Morgan fingerprint density at radius 1 is 0.925 bits per heavy atom. The second kappa shape index (κ2) is 11.6. The first kappa shape index (κ1) is 27.6. The van der Waals surface area contributed by atoms with Crippen molar-refractivity contribution in [1.29, 1.82) is 0 Å². The van der Waals surface area contributed by atoms with Gasteiger partial charge in [0.15, 0.2) is 0 Å². The number of carbonyl (C=O) groups is 1. The molecule has 0 saturated carbocycles. The fourth-order valence-electron chi connectivity index (χ4n) is 4.85. The number of nitrogens with one attached hydrogen (secondary N) is 1. The molecule has 40 heavy (non-hydrogen) atoms. The molecule has 10 heteroatoms. The van der Waals surface area contributed by atoms with Crippen LogP contribution in [0.5, 0.6) is 17.2 Å². The number of halogens is 3. The summed E-state index contributed by atoms with van der Waals surface area (Å²) < 4.78 is 30.6. The number of rotatable bonds is 9. The van der Waals surface area contributed by atoms with E-state index in [4.69, 9.17) is 37.4 Å². The molecule has 1 amide bonds. The van der Waals surface area contributed by atoms with Gasteiger partial charge in [0.25, 0.3) is 5.91 Å². The minimum Gasteiger partial charge on any atom is -0.497 e. The summed E-state index contributed by atoms with van der Waals surface area (Å²) in [5.74, 6) is 1.17. The Bertz CT molecular complexity index is 1570. The molecule has 1 aliphatic heterocycles. The minimum atomic E-state index is -0.724. The molecule has 0 spiro atoms. The van der Waals surface area contributed by atoms with E-state index < -0.39 is 11.9 Å². The van der Waals surface area contributed by atoms with E-state index in [1.54, 1.807) is 38.4 Å². The van der Waals surface area contributed by atoms with Crippen LogP contribution in [0.15, 0.2) is 66.7 Å². The van der Waals surface area contributed by atoms with Crippen molar-refractivity contribution in [3.63, 3.8) is 0 Å². The SMILES string of the molecule is COc1ccc(CN2C(=O)c3nc(Cl)cc(NCc4ccc(OC)cc4OC)c3C2c2cc(F)ccc2Cl)cc1. The molecule has 1 atom stereocenters. The van der Waals surface area contributed by atoms with Crippen LogP contribution in [0.4, 0.5) is 10.1 Å². The van der Waals surface area contributed by atoms with Crippen molar-refractivity contribution >= 4 is 34.8 Å². The third-order valence-corrected chi connectivity index (χ3v) is 7.34. The fraction of sp³-hybridized carbons (Fsp3) is 0.200. The van der Waals surface area contributed by atoms with Crippen molar-refractivity contribution in [3.05, 3.63) is 111 Å². The van der Waals surface area contributed by atoms with Crippen LogP contribution in [0.2, 0.25) is 10.2 Å². The summed E-state index contributed by atoms with van der Waals surface area (Å²) in [4.78, 5) is 19.8. The van der Waals surface area contributed by atoms with Crippen molar-refractivity contribution in [2.45, 2.75) is 19.1 Å². The van der Waals surface area contributed by atoms with E-state index in [1.807, 2.05) is 36.4 Å². The summed E-state index contributed by atoms with van der Waals surface area (Å²) in [6, 6.07) is 17.9. The van der Waals surface area contributed by atoms with Crippen molar-refractivity contribution in [3.8, 4) is 17.2 Å². The zero-order valence-electron chi connectivity index (χ0n) is 22.0. The first-order valence-electron chi connectivity index (χ1n) is 12.4. The Morgan fingerprint density at radius 3 is 2.35 bits per heavy atom. The quantitative estimate of drug-likeness (QED) is 0.216. The highest BCUT2D eigenvalue weighted by Crippen LogP contribution is 2.46. The number of pyridine rings is 1. The van der Waals surface area contributed by atoms with Crippen molar-refractivity contribution in [1.82, 2.24) is 9.88 Å². The lowest BCUT2D eigenvalue weighted by molar-refractivity contribution is 0.0732. The smallest absolute Gasteiger partial charge is 0.274 e. The van der Waals surface area contributed by atoms with E-state index in [9.17, 15) is 9.18 Å². The third kappa shape index (κ3) is 5.37. The second-order valence-corrected chi connectivity index (χ2v) is 9.93. The van der Waals surface area contributed by atoms with Crippen LogP contribution in [0.3, 0.4) is 0 Å². The Balaban J connectivity index is 1.59. The fourth-order valence-corrected chi connectivity index (χ4v) is 5.26. The van der Waals surface area contributed by atoms with Crippen LogP contribution < -0.4 is 19.5 Å². The van der Waals surface area contributed by atoms with Crippen molar-refractivity contribution < 1.29 is 23.4 Å². The van der Waals surface area contributed by atoms with E-state index in [1.165, 1.54) is 18.2 Å². The largest absolute Gasteiger partial charge is 0.497 e. The molecule has 3 aromatic carbocycles. The lowest BCUT2D eigenvalue weighted by Crippen LogP contribution is -2.28. The predicted octanol–water partition coefficient (Wildman–Crippen LogP) is 6.91. The average molecular weight is 582 g/mol. The topological polar surface area (TPSA) is 72.9 Å². The first-order valence-corrected chi connectivity index (χ1v) is 13.1. The van der Waals surface area contributed by atoms with Gasteiger partial charge in [-0.05, 0) is 54.1 Å². The molecule has 2 heterocycles. The van der Waals surface area contributed by atoms with Crippen LogP contribution in [-0.4, -0.2) is 37.1 Å². The highest BCUT2D eigenvalue weighted by atomic mass is 35.5. The van der Waals surface area contributed by atoms with Gasteiger partial charge in [-0.3, -0.25) is 4.79 Å². The number of nitrogens with zero attached hydrogens (tertiary/aromatic N) is 2. The Morgan fingerprint density at radius 2 is 1.65 bits per heavy atom. The molecule has 0 aliphatic carbocycles. The van der Waals surface area contributed by atoms with Crippen molar-refractivity contribution in [2.75, 3.05) is 26.6 Å². The molecule has 5 rings (SSSR count). The summed E-state index contributed by atoms with van der Waals surface area (Å²) in [6.07, 6.45) is 0. The Labute approximate surface area is 241 Å². The zero-order valence-corrected chi connectivity index (χ0v) is 23.5. The molecule has 1 aliphatic rings. The van der Waals surface area contributed by atoms with E-state index in [0.717, 1.165) is 11.1 Å². The molecule has 206 valence electrons. The summed E-state index contributed by atoms with van der Waals surface area (Å²) in [5, 5.41) is 3.86. The second-order valence-electron chi connectivity index (χ2n) is 9.14. The molecule has 0 radical (unpaired) electrons. The first-order chi connectivity index (χ1) is 19.3. The number of methoxy groups -OCH3 is 3. The molecule has 0 bridgehead atoms. The number of aromatic nitrogens is 1. The number of ether oxygens (including phenoxy) is 3.